The highest BCUT2D eigenvalue weighted by Gasteiger charge is 2.32. The van der Waals surface area contributed by atoms with Crippen LogP contribution in [0.5, 0.6) is 0 Å². The van der Waals surface area contributed by atoms with Gasteiger partial charge in [-0.15, -0.1) is 0 Å². The van der Waals surface area contributed by atoms with Crippen LogP contribution in [0.15, 0.2) is 42.5 Å². The second kappa shape index (κ2) is 18.6. The van der Waals surface area contributed by atoms with Crippen LogP contribution in [0.2, 0.25) is 0 Å². The van der Waals surface area contributed by atoms with Gasteiger partial charge < -0.3 is 30.3 Å². The molecule has 2 heterocycles. The topological polar surface area (TPSA) is 167 Å². The average molecular weight is 1020 g/mol. The van der Waals surface area contributed by atoms with Crippen LogP contribution in [-0.4, -0.2) is 127 Å². The Bertz CT molecular complexity index is 2010. The molecule has 2 saturated heterocycles. The van der Waals surface area contributed by atoms with Gasteiger partial charge in [-0.25, -0.2) is 16.8 Å². The van der Waals surface area contributed by atoms with E-state index >= 15 is 0 Å². The van der Waals surface area contributed by atoms with Crippen LogP contribution < -0.4 is 24.6 Å². The molecule has 292 valence electrons. The summed E-state index contributed by atoms with van der Waals surface area (Å²) in [5.41, 5.74) is 6.98. The molecule has 2 aliphatic carbocycles. The SMILES string of the molecule is C1COCCN1.CNC(=O)C1=C(I)Cc2cc(N(C)S(C)(=O)=O)c(Br)cc21.CNC(=O)C1=C(N2CCOCC2)Cc2cc(N(C)S(C)(=O)=O)c(Br)cc21. The van der Waals surface area contributed by atoms with Crippen molar-refractivity contribution in [3.05, 3.63) is 64.7 Å². The summed E-state index contributed by atoms with van der Waals surface area (Å²) in [4.78, 5) is 26.7. The predicted molar refractivity (Wildman–Crippen MR) is 224 cm³/mol. The van der Waals surface area contributed by atoms with Crippen LogP contribution in [0, 0.1) is 0 Å². The quantitative estimate of drug-likeness (QED) is 0.351. The van der Waals surface area contributed by atoms with E-state index < -0.39 is 20.0 Å². The first-order chi connectivity index (χ1) is 24.9. The fourth-order valence-electron chi connectivity index (χ4n) is 6.00. The number of rotatable bonds is 7. The Morgan fingerprint density at radius 3 is 1.60 bits per heavy atom. The van der Waals surface area contributed by atoms with Gasteiger partial charge in [-0.3, -0.25) is 18.2 Å². The van der Waals surface area contributed by atoms with Crippen LogP contribution in [-0.2, 0) is 52.0 Å². The second-order valence-corrected chi connectivity index (χ2v) is 19.5. The second-order valence-electron chi connectivity index (χ2n) is 12.5. The van der Waals surface area contributed by atoms with Crippen molar-refractivity contribution >= 4 is 109 Å². The molecular weight excluding hydrogens is 971 g/mol. The van der Waals surface area contributed by atoms with Gasteiger partial charge in [-0.05, 0) is 101 Å². The summed E-state index contributed by atoms with van der Waals surface area (Å²) in [6, 6.07) is 7.30. The van der Waals surface area contributed by atoms with Gasteiger partial charge in [-0.1, -0.05) is 0 Å². The maximum Gasteiger partial charge on any atom is 0.253 e. The van der Waals surface area contributed by atoms with E-state index in [0.717, 1.165) is 77.2 Å². The maximum atomic E-state index is 12.6. The minimum Gasteiger partial charge on any atom is -0.379 e. The Kier molecular flexibility index (Phi) is 15.2. The van der Waals surface area contributed by atoms with Crippen LogP contribution >= 0.6 is 54.5 Å². The zero-order chi connectivity index (χ0) is 39.2. The van der Waals surface area contributed by atoms with Gasteiger partial charge in [0.05, 0.1) is 61.5 Å². The van der Waals surface area contributed by atoms with Crippen LogP contribution in [0.4, 0.5) is 11.4 Å². The van der Waals surface area contributed by atoms with E-state index in [2.05, 4.69) is 75.3 Å². The van der Waals surface area contributed by atoms with Crippen molar-refractivity contribution in [3.8, 4) is 0 Å². The lowest BCUT2D eigenvalue weighted by molar-refractivity contribution is -0.116. The standard InChI is InChI=1S/C17H22BrN3O4S.C13H14BrIN2O3S.C4H9NO/c1-19-17(22)16-12-10-13(18)14(20(2)26(3,23)24)8-11(12)9-15(16)21-4-6-25-7-5-21;1-16-13(18)12-8-6-9(14)11(17(2)21(3,19)20)5-7(8)4-10(12)15;1-3-6-4-2-5-1/h8,10H,4-7,9H2,1-3H3,(H,19,22);5-6H,4H2,1-3H3,(H,16,18);5H,1-4H2. The highest BCUT2D eigenvalue weighted by molar-refractivity contribution is 14.1. The molecule has 2 aliphatic heterocycles. The molecule has 0 saturated carbocycles. The highest BCUT2D eigenvalue weighted by Crippen LogP contribution is 2.42. The number of benzene rings is 2. The van der Waals surface area contributed by atoms with Crippen molar-refractivity contribution < 1.29 is 35.9 Å². The van der Waals surface area contributed by atoms with Crippen molar-refractivity contribution in [2.75, 3.05) is 102 Å². The van der Waals surface area contributed by atoms with E-state index in [4.69, 9.17) is 9.47 Å². The van der Waals surface area contributed by atoms with Gasteiger partial charge >= 0.3 is 0 Å². The molecule has 6 rings (SSSR count). The van der Waals surface area contributed by atoms with E-state index in [1.807, 2.05) is 24.3 Å². The van der Waals surface area contributed by atoms with Crippen molar-refractivity contribution in [2.45, 2.75) is 12.8 Å². The van der Waals surface area contributed by atoms with E-state index in [0.29, 0.717) is 57.5 Å². The van der Waals surface area contributed by atoms with Gasteiger partial charge in [0.2, 0.25) is 20.0 Å². The van der Waals surface area contributed by atoms with Crippen LogP contribution in [0.3, 0.4) is 0 Å². The summed E-state index contributed by atoms with van der Waals surface area (Å²) >= 11 is 9.02. The molecule has 19 heteroatoms. The number of anilines is 2. The molecule has 14 nitrogen and oxygen atoms in total. The molecule has 4 aliphatic rings. The van der Waals surface area contributed by atoms with Gasteiger partial charge in [0.1, 0.15) is 0 Å². The number of fused-ring (bicyclic) bond motifs is 2. The lowest BCUT2D eigenvalue weighted by Crippen LogP contribution is -2.37. The monoisotopic (exact) mass is 1010 g/mol. The number of nitrogens with zero attached hydrogens (tertiary/aromatic N) is 3. The van der Waals surface area contributed by atoms with Gasteiger partial charge in [0, 0.05) is 85.4 Å². The number of carbonyl (C=O) groups is 2. The third-order valence-electron chi connectivity index (χ3n) is 8.97. The molecule has 0 bridgehead atoms. The fourth-order valence-corrected chi connectivity index (χ4v) is 9.42. The first-order valence-corrected chi connectivity index (χ1v) is 23.0. The molecule has 0 aromatic heterocycles. The molecule has 2 fully saturated rings. The summed E-state index contributed by atoms with van der Waals surface area (Å²) in [6.07, 6.45) is 3.55. The smallest absolute Gasteiger partial charge is 0.253 e. The van der Waals surface area contributed by atoms with Gasteiger partial charge in [0.15, 0.2) is 0 Å². The number of halogens is 3. The highest BCUT2D eigenvalue weighted by atomic mass is 127. The largest absolute Gasteiger partial charge is 0.379 e. The van der Waals surface area contributed by atoms with Crippen LogP contribution in [0.25, 0.3) is 11.1 Å². The summed E-state index contributed by atoms with van der Waals surface area (Å²) in [6.45, 7) is 6.57. The van der Waals surface area contributed by atoms with Gasteiger partial charge in [0.25, 0.3) is 11.8 Å². The Morgan fingerprint density at radius 2 is 1.19 bits per heavy atom. The normalized spacial score (nSPS) is 16.8. The third kappa shape index (κ3) is 10.5. The summed E-state index contributed by atoms with van der Waals surface area (Å²) in [5.74, 6) is -0.268. The molecule has 2 aromatic rings. The number of amides is 2. The minimum absolute atomic E-state index is 0.130. The average Bonchev–Trinajstić information content (AvgIpc) is 3.66. The minimum atomic E-state index is -3.38. The molecule has 2 aromatic carbocycles. The molecule has 0 unspecified atom stereocenters. The number of allylic oxidation sites excluding steroid dienone is 2. The fraction of sp³-hybridized carbons (Fsp3) is 0.471. The number of nitrogens with one attached hydrogen (secondary N) is 3. The van der Waals surface area contributed by atoms with Crippen molar-refractivity contribution in [1.29, 1.82) is 0 Å². The summed E-state index contributed by atoms with van der Waals surface area (Å²) in [7, 11) is -0.475. The molecule has 0 atom stereocenters. The first-order valence-electron chi connectivity index (χ1n) is 16.6. The summed E-state index contributed by atoms with van der Waals surface area (Å²) in [5, 5.41) is 8.52. The molecule has 53 heavy (non-hydrogen) atoms. The van der Waals surface area contributed by atoms with Crippen molar-refractivity contribution in [3.63, 3.8) is 0 Å². The molecule has 2 amide bonds. The van der Waals surface area contributed by atoms with Crippen molar-refractivity contribution in [1.82, 2.24) is 20.9 Å². The van der Waals surface area contributed by atoms with Crippen LogP contribution in [0.1, 0.15) is 22.3 Å². The lowest BCUT2D eigenvalue weighted by Gasteiger charge is -2.30. The first kappa shape index (κ1) is 43.5. The Hall–Kier alpha value is -2.27. The zero-order valence-electron chi connectivity index (χ0n) is 30.4. The number of sulfonamides is 2. The number of likely N-dealkylation sites (N-methyl/N-ethyl adjacent to an activating group) is 2. The predicted octanol–water partition coefficient (Wildman–Crippen LogP) is 3.09. The van der Waals surface area contributed by atoms with E-state index in [1.165, 1.54) is 29.0 Å². The zero-order valence-corrected chi connectivity index (χ0v) is 37.4. The van der Waals surface area contributed by atoms with E-state index in [9.17, 15) is 26.4 Å². The number of carbonyl (C=O) groups excluding carboxylic acids is 2. The number of morpholine rings is 2. The Balaban J connectivity index is 0.000000207. The number of hydrogen-bond acceptors (Lipinski definition) is 10. The Morgan fingerprint density at radius 1 is 0.755 bits per heavy atom. The van der Waals surface area contributed by atoms with E-state index in [-0.39, 0.29) is 11.8 Å². The number of hydrogen-bond donors (Lipinski definition) is 3. The van der Waals surface area contributed by atoms with E-state index in [1.54, 1.807) is 14.1 Å². The Labute approximate surface area is 342 Å². The molecule has 0 radical (unpaired) electrons. The summed E-state index contributed by atoms with van der Waals surface area (Å²) < 4.78 is 62.4. The third-order valence-corrected chi connectivity index (χ3v) is 13.5. The maximum absolute atomic E-state index is 12.6. The van der Waals surface area contributed by atoms with Gasteiger partial charge in [-0.2, -0.15) is 0 Å². The van der Waals surface area contributed by atoms with Crippen molar-refractivity contribution in [2.24, 2.45) is 0 Å². The number of ether oxygens (including phenoxy) is 2. The molecule has 3 N–H and O–H groups in total. The molecular formula is C34H45Br2IN6O8S2. The lowest BCUT2D eigenvalue weighted by atomic mass is 10.0. The molecule has 0 spiro atoms.